The van der Waals surface area contributed by atoms with Gasteiger partial charge in [0.05, 0.1) is 24.4 Å². The van der Waals surface area contributed by atoms with E-state index in [1.807, 2.05) is 13.8 Å². The number of aliphatic hydroxyl groups excluding tert-OH is 3. The fraction of sp³-hybridized carbons (Fsp3) is 0.900. The Kier molecular flexibility index (Phi) is 4.24. The molecule has 4 heteroatoms. The minimum atomic E-state index is -0.705. The van der Waals surface area contributed by atoms with Gasteiger partial charge in [0.2, 0.25) is 0 Å². The second kappa shape index (κ2) is 5.54. The molecule has 1 saturated heterocycles. The maximum atomic E-state index is 10.7. The molecule has 0 aromatic heterocycles. The van der Waals surface area contributed by atoms with Gasteiger partial charge in [0.25, 0.3) is 0 Å². The Morgan fingerprint density at radius 1 is 1.04 bits per heavy atom. The molecule has 24 heavy (non-hydrogen) atoms. The third kappa shape index (κ3) is 2.26. The highest BCUT2D eigenvalue weighted by atomic mass is 16.5. The molecule has 0 unspecified atom stereocenters. The van der Waals surface area contributed by atoms with Crippen LogP contribution in [0.4, 0.5) is 0 Å². The minimum absolute atomic E-state index is 0.00560. The van der Waals surface area contributed by atoms with Crippen molar-refractivity contribution in [1.82, 2.24) is 0 Å². The van der Waals surface area contributed by atoms with Gasteiger partial charge in [-0.1, -0.05) is 19.9 Å². The predicted molar refractivity (Wildman–Crippen MR) is 93.5 cm³/mol. The lowest BCUT2D eigenvalue weighted by Gasteiger charge is -2.66. The van der Waals surface area contributed by atoms with E-state index in [0.717, 1.165) is 19.3 Å². The van der Waals surface area contributed by atoms with Gasteiger partial charge >= 0.3 is 0 Å². The van der Waals surface area contributed by atoms with Crippen molar-refractivity contribution in [2.75, 3.05) is 6.61 Å². The van der Waals surface area contributed by atoms with Crippen LogP contribution in [-0.2, 0) is 4.74 Å². The summed E-state index contributed by atoms with van der Waals surface area (Å²) in [6, 6.07) is 0. The van der Waals surface area contributed by atoms with E-state index < -0.39 is 23.2 Å². The summed E-state index contributed by atoms with van der Waals surface area (Å²) in [6.45, 7) is 12.3. The first kappa shape index (κ1) is 18.4. The molecule has 0 spiro atoms. The number of hydrogen-bond donors (Lipinski definition) is 3. The van der Waals surface area contributed by atoms with Crippen molar-refractivity contribution in [2.24, 2.45) is 22.7 Å². The van der Waals surface area contributed by atoms with Crippen molar-refractivity contribution in [1.29, 1.82) is 0 Å². The number of ether oxygens (including phenoxy) is 1. The highest BCUT2D eigenvalue weighted by molar-refractivity contribution is 5.16. The van der Waals surface area contributed by atoms with Gasteiger partial charge in [-0.2, -0.15) is 0 Å². The zero-order valence-corrected chi connectivity index (χ0v) is 15.6. The zero-order valence-electron chi connectivity index (χ0n) is 15.6. The van der Waals surface area contributed by atoms with E-state index in [2.05, 4.69) is 20.4 Å². The predicted octanol–water partition coefficient (Wildman–Crippen LogP) is 2.66. The Balaban J connectivity index is 2.00. The molecule has 4 nitrogen and oxygen atoms in total. The monoisotopic (exact) mass is 338 g/mol. The van der Waals surface area contributed by atoms with Crippen LogP contribution >= 0.6 is 0 Å². The Morgan fingerprint density at radius 3 is 2.29 bits per heavy atom. The van der Waals surface area contributed by atoms with E-state index in [9.17, 15) is 15.3 Å². The Bertz CT molecular complexity index is 522. The molecule has 2 saturated carbocycles. The summed E-state index contributed by atoms with van der Waals surface area (Å²) in [7, 11) is 0. The number of aliphatic hydroxyl groups is 3. The number of rotatable bonds is 2. The molecule has 0 aromatic rings. The van der Waals surface area contributed by atoms with Gasteiger partial charge in [0, 0.05) is 5.41 Å². The molecule has 1 aliphatic heterocycles. The van der Waals surface area contributed by atoms with Crippen molar-refractivity contribution in [3.8, 4) is 0 Å². The fourth-order valence-corrected chi connectivity index (χ4v) is 6.38. The Labute approximate surface area is 145 Å². The van der Waals surface area contributed by atoms with E-state index >= 15 is 0 Å². The lowest BCUT2D eigenvalue weighted by Crippen LogP contribution is -2.68. The molecule has 3 N–H and O–H groups in total. The molecule has 3 aliphatic rings. The summed E-state index contributed by atoms with van der Waals surface area (Å²) in [5.74, 6) is 0.450. The largest absolute Gasteiger partial charge is 0.396 e. The van der Waals surface area contributed by atoms with Crippen molar-refractivity contribution >= 4 is 0 Å². The quantitative estimate of drug-likeness (QED) is 0.677. The van der Waals surface area contributed by atoms with Crippen LogP contribution in [0.25, 0.3) is 0 Å². The topological polar surface area (TPSA) is 69.9 Å². The van der Waals surface area contributed by atoms with E-state index in [1.165, 1.54) is 0 Å². The van der Waals surface area contributed by atoms with Gasteiger partial charge in [0.1, 0.15) is 5.60 Å². The molecule has 0 radical (unpaired) electrons. The van der Waals surface area contributed by atoms with Crippen LogP contribution in [0.1, 0.15) is 59.8 Å². The number of fused-ring (bicyclic) bond motifs is 3. The first-order valence-corrected chi connectivity index (χ1v) is 9.36. The third-order valence-corrected chi connectivity index (χ3v) is 8.09. The van der Waals surface area contributed by atoms with Gasteiger partial charge in [0.15, 0.2) is 0 Å². The zero-order chi connectivity index (χ0) is 18.0. The summed E-state index contributed by atoms with van der Waals surface area (Å²) in [5, 5.41) is 31.3. The van der Waals surface area contributed by atoms with Crippen molar-refractivity contribution in [3.05, 3.63) is 12.7 Å². The second-order valence-corrected chi connectivity index (χ2v) is 9.42. The molecule has 8 atom stereocenters. The third-order valence-electron chi connectivity index (χ3n) is 8.09. The standard InChI is InChI=1S/C20H34O4/c1-6-19(4)16(23)11-14-17(2)9-8-15(22)18(3,12-21)13(17)7-10-20(14,5)24-19/h6,13-16,21-23H,1,7-12H2,2-5H3/t13-,14-,15+,16-,17+,18+,19-,20-/m0/s1. The highest BCUT2D eigenvalue weighted by Gasteiger charge is 2.65. The summed E-state index contributed by atoms with van der Waals surface area (Å²) < 4.78 is 6.48. The van der Waals surface area contributed by atoms with E-state index in [1.54, 1.807) is 6.08 Å². The SMILES string of the molecule is C=C[C@]1(C)O[C@@]2(C)CC[C@@H]3[C@@](C)(CO)[C@H](O)CC[C@@]3(C)[C@@H]2C[C@@H]1O. The molecular formula is C20H34O4. The molecule has 1 heterocycles. The van der Waals surface area contributed by atoms with Gasteiger partial charge in [-0.05, 0) is 63.2 Å². The summed E-state index contributed by atoms with van der Waals surface area (Å²) in [4.78, 5) is 0. The van der Waals surface area contributed by atoms with Gasteiger partial charge in [-0.25, -0.2) is 0 Å². The highest BCUT2D eigenvalue weighted by Crippen LogP contribution is 2.65. The van der Waals surface area contributed by atoms with E-state index in [4.69, 9.17) is 4.74 Å². The van der Waals surface area contributed by atoms with Crippen molar-refractivity contribution < 1.29 is 20.1 Å². The molecule has 0 aromatic carbocycles. The first-order valence-electron chi connectivity index (χ1n) is 9.36. The van der Waals surface area contributed by atoms with Crippen LogP contribution in [0.5, 0.6) is 0 Å². The van der Waals surface area contributed by atoms with E-state index in [-0.39, 0.29) is 29.5 Å². The average molecular weight is 338 g/mol. The van der Waals surface area contributed by atoms with Gasteiger partial charge in [-0.15, -0.1) is 6.58 Å². The van der Waals surface area contributed by atoms with Crippen LogP contribution in [0.15, 0.2) is 12.7 Å². The molecule has 0 bridgehead atoms. The van der Waals surface area contributed by atoms with Gasteiger partial charge < -0.3 is 20.1 Å². The molecule has 2 aliphatic carbocycles. The van der Waals surface area contributed by atoms with Crippen LogP contribution in [-0.4, -0.2) is 45.3 Å². The first-order chi connectivity index (χ1) is 11.1. The number of hydrogen-bond acceptors (Lipinski definition) is 4. The fourth-order valence-electron chi connectivity index (χ4n) is 6.38. The summed E-state index contributed by atoms with van der Waals surface area (Å²) in [6.07, 6.45) is 4.81. The average Bonchev–Trinajstić information content (AvgIpc) is 2.54. The smallest absolute Gasteiger partial charge is 0.110 e. The molecule has 3 rings (SSSR count). The Morgan fingerprint density at radius 2 is 1.71 bits per heavy atom. The molecule has 3 fully saturated rings. The van der Waals surface area contributed by atoms with Crippen LogP contribution in [0, 0.1) is 22.7 Å². The molecule has 0 amide bonds. The van der Waals surface area contributed by atoms with Crippen LogP contribution in [0.3, 0.4) is 0 Å². The molecular weight excluding hydrogens is 304 g/mol. The summed E-state index contributed by atoms with van der Waals surface area (Å²) in [5.41, 5.74) is -1.53. The maximum absolute atomic E-state index is 10.7. The normalized spacial score (nSPS) is 57.8. The van der Waals surface area contributed by atoms with Gasteiger partial charge in [-0.3, -0.25) is 0 Å². The lowest BCUT2D eigenvalue weighted by molar-refractivity contribution is -0.291. The maximum Gasteiger partial charge on any atom is 0.110 e. The Hall–Kier alpha value is -0.420. The lowest BCUT2D eigenvalue weighted by atomic mass is 9.43. The van der Waals surface area contributed by atoms with Crippen LogP contribution < -0.4 is 0 Å². The second-order valence-electron chi connectivity index (χ2n) is 9.42. The van der Waals surface area contributed by atoms with Crippen molar-refractivity contribution in [3.63, 3.8) is 0 Å². The van der Waals surface area contributed by atoms with E-state index in [0.29, 0.717) is 12.8 Å². The van der Waals surface area contributed by atoms with Crippen molar-refractivity contribution in [2.45, 2.75) is 83.2 Å². The van der Waals surface area contributed by atoms with Crippen LogP contribution in [0.2, 0.25) is 0 Å². The minimum Gasteiger partial charge on any atom is -0.396 e. The summed E-state index contributed by atoms with van der Waals surface area (Å²) >= 11 is 0. The molecule has 138 valence electrons.